The summed E-state index contributed by atoms with van der Waals surface area (Å²) in [6, 6.07) is -0.764. The predicted molar refractivity (Wildman–Crippen MR) is 350 cm³/mol. The number of phosphoric acid groups is 1. The van der Waals surface area contributed by atoms with Gasteiger partial charge in [0, 0.05) is 6.42 Å². The summed E-state index contributed by atoms with van der Waals surface area (Å²) in [5.74, 6) is -0.142. The molecule has 0 aromatic heterocycles. The van der Waals surface area contributed by atoms with E-state index in [1.165, 1.54) is 199 Å². The summed E-state index contributed by atoms with van der Waals surface area (Å²) in [5, 5.41) is 14.1. The second kappa shape index (κ2) is 61.2. The fraction of sp³-hybridized carbons (Fsp3) is 0.789. The minimum absolute atomic E-state index is 0.0740. The molecule has 0 spiro atoms. The highest BCUT2D eigenvalue weighted by molar-refractivity contribution is 7.47. The number of carbonyl (C=O) groups excluding carboxylic acids is 1. The van der Waals surface area contributed by atoms with Crippen molar-refractivity contribution in [3.05, 3.63) is 85.1 Å². The minimum Gasteiger partial charge on any atom is -0.391 e. The van der Waals surface area contributed by atoms with Gasteiger partial charge in [-0.15, -0.1) is 0 Å². The van der Waals surface area contributed by atoms with Crippen molar-refractivity contribution < 1.29 is 32.9 Å². The van der Waals surface area contributed by atoms with Gasteiger partial charge in [-0.3, -0.25) is 13.8 Å². The van der Waals surface area contributed by atoms with Crippen molar-refractivity contribution in [2.75, 3.05) is 40.9 Å². The predicted octanol–water partition coefficient (Wildman–Crippen LogP) is 21.5. The molecule has 0 aromatic carbocycles. The lowest BCUT2D eigenvalue weighted by atomic mass is 10.0. The number of aliphatic hydroxyl groups is 1. The monoisotopic (exact) mass is 1140 g/mol. The number of rotatable bonds is 62. The molecule has 0 saturated carbocycles. The Balaban J connectivity index is 3.99. The molecule has 1 amide bonds. The van der Waals surface area contributed by atoms with Crippen LogP contribution >= 0.6 is 7.82 Å². The van der Waals surface area contributed by atoms with Crippen molar-refractivity contribution in [2.24, 2.45) is 0 Å². The largest absolute Gasteiger partial charge is 0.472 e. The number of amides is 1. The van der Waals surface area contributed by atoms with Crippen LogP contribution in [0.25, 0.3) is 0 Å². The van der Waals surface area contributed by atoms with E-state index in [1.807, 2.05) is 21.1 Å². The third-order valence-electron chi connectivity index (χ3n) is 15.2. The van der Waals surface area contributed by atoms with Crippen molar-refractivity contribution in [2.45, 2.75) is 321 Å². The zero-order valence-corrected chi connectivity index (χ0v) is 54.2. The van der Waals surface area contributed by atoms with Crippen molar-refractivity contribution in [1.29, 1.82) is 0 Å². The lowest BCUT2D eigenvalue weighted by Crippen LogP contribution is -2.46. The Morgan fingerprint density at radius 2 is 0.750 bits per heavy atom. The molecule has 0 heterocycles. The van der Waals surface area contributed by atoms with Gasteiger partial charge in [-0.25, -0.2) is 4.57 Å². The molecular weight excluding hydrogens is 1010 g/mol. The molecule has 0 bridgehead atoms. The minimum atomic E-state index is -4.33. The summed E-state index contributed by atoms with van der Waals surface area (Å²) in [5.41, 5.74) is 0. The highest BCUT2D eigenvalue weighted by atomic mass is 31.2. The molecule has 0 radical (unpaired) electrons. The number of aliphatic hydroxyl groups excluding tert-OH is 1. The van der Waals surface area contributed by atoms with Crippen LogP contribution in [0.2, 0.25) is 0 Å². The van der Waals surface area contributed by atoms with E-state index in [9.17, 15) is 19.4 Å². The molecule has 0 aromatic rings. The normalized spacial score (nSPS) is 14.2. The highest BCUT2D eigenvalue weighted by Gasteiger charge is 2.28. The number of nitrogens with one attached hydrogen (secondary N) is 1. The van der Waals surface area contributed by atoms with Gasteiger partial charge in [0.15, 0.2) is 0 Å². The van der Waals surface area contributed by atoms with Crippen LogP contribution in [0.15, 0.2) is 85.1 Å². The van der Waals surface area contributed by atoms with Gasteiger partial charge in [0.2, 0.25) is 5.91 Å². The van der Waals surface area contributed by atoms with Crippen molar-refractivity contribution in [3.8, 4) is 0 Å². The Morgan fingerprint density at radius 1 is 0.438 bits per heavy atom. The van der Waals surface area contributed by atoms with Crippen LogP contribution in [0, 0.1) is 0 Å². The first-order chi connectivity index (χ1) is 39.0. The lowest BCUT2D eigenvalue weighted by Gasteiger charge is -2.26. The number of quaternary nitrogens is 1. The second-order valence-corrected chi connectivity index (χ2v) is 25.6. The number of hydrogen-bond donors (Lipinski definition) is 3. The SMILES string of the molecule is CC/C=C\C/C=C\C/C=C\C/C=C\C/C=C\C/C=C\C/C=C\CCCCCCCCCCCCCCCCCCCC(=O)NC(COP(=O)(O)OCC[N+](C)(C)C)C(O)CCCCCCCCCCCCCCCCCCCCC. The Kier molecular flexibility index (Phi) is 59.5. The summed E-state index contributed by atoms with van der Waals surface area (Å²) >= 11 is 0. The van der Waals surface area contributed by atoms with Crippen LogP contribution in [0.3, 0.4) is 0 Å². The molecule has 8 nitrogen and oxygen atoms in total. The van der Waals surface area contributed by atoms with Crippen LogP contribution in [0.1, 0.15) is 309 Å². The molecule has 3 unspecified atom stereocenters. The summed E-state index contributed by atoms with van der Waals surface area (Å²) in [4.78, 5) is 23.4. The molecule has 0 rings (SSSR count). The third-order valence-corrected chi connectivity index (χ3v) is 16.1. The first kappa shape index (κ1) is 77.7. The van der Waals surface area contributed by atoms with Crippen molar-refractivity contribution in [1.82, 2.24) is 5.32 Å². The fourth-order valence-electron chi connectivity index (χ4n) is 9.91. The molecule has 0 aliphatic heterocycles. The molecule has 0 aliphatic carbocycles. The zero-order valence-electron chi connectivity index (χ0n) is 53.3. The number of carbonyl (C=O) groups is 1. The van der Waals surface area contributed by atoms with Gasteiger partial charge in [0.05, 0.1) is 39.9 Å². The van der Waals surface area contributed by atoms with Gasteiger partial charge in [0.1, 0.15) is 13.2 Å². The lowest BCUT2D eigenvalue weighted by molar-refractivity contribution is -0.870. The van der Waals surface area contributed by atoms with Crippen LogP contribution in [0.5, 0.6) is 0 Å². The van der Waals surface area contributed by atoms with E-state index in [1.54, 1.807) is 0 Å². The maximum Gasteiger partial charge on any atom is 0.472 e. The van der Waals surface area contributed by atoms with E-state index in [2.05, 4.69) is 104 Å². The fourth-order valence-corrected chi connectivity index (χ4v) is 10.6. The smallest absolute Gasteiger partial charge is 0.391 e. The maximum atomic E-state index is 13.1. The second-order valence-electron chi connectivity index (χ2n) is 24.2. The Bertz CT molecular complexity index is 1580. The number of allylic oxidation sites excluding steroid dienone is 14. The topological polar surface area (TPSA) is 105 Å². The van der Waals surface area contributed by atoms with Crippen molar-refractivity contribution >= 4 is 13.7 Å². The maximum absolute atomic E-state index is 13.1. The summed E-state index contributed by atoms with van der Waals surface area (Å²) in [7, 11) is 1.62. The van der Waals surface area contributed by atoms with E-state index in [0.717, 1.165) is 83.5 Å². The summed E-state index contributed by atoms with van der Waals surface area (Å²) in [6.45, 7) is 4.81. The Hall–Kier alpha value is -2.32. The van der Waals surface area contributed by atoms with E-state index in [4.69, 9.17) is 9.05 Å². The third kappa shape index (κ3) is 63.3. The molecule has 9 heteroatoms. The van der Waals surface area contributed by atoms with Gasteiger partial charge in [0.25, 0.3) is 0 Å². The van der Waals surface area contributed by atoms with E-state index < -0.39 is 20.0 Å². The van der Waals surface area contributed by atoms with E-state index in [-0.39, 0.29) is 19.1 Å². The number of phosphoric ester groups is 1. The molecule has 466 valence electrons. The number of nitrogens with zero attached hydrogens (tertiary/aromatic N) is 1. The van der Waals surface area contributed by atoms with E-state index in [0.29, 0.717) is 23.9 Å². The van der Waals surface area contributed by atoms with Gasteiger partial charge in [-0.2, -0.15) is 0 Å². The number of likely N-dealkylation sites (N-methyl/N-ethyl adjacent to an activating group) is 1. The summed E-state index contributed by atoms with van der Waals surface area (Å²) < 4.78 is 23.9. The Labute approximate surface area is 497 Å². The average molecular weight is 1140 g/mol. The van der Waals surface area contributed by atoms with Crippen LogP contribution in [-0.4, -0.2) is 73.4 Å². The highest BCUT2D eigenvalue weighted by Crippen LogP contribution is 2.43. The van der Waals surface area contributed by atoms with Crippen LogP contribution < -0.4 is 5.32 Å². The molecule has 3 N–H and O–H groups in total. The molecule has 0 fully saturated rings. The molecule has 0 aliphatic rings. The molecule has 0 saturated heterocycles. The molecule has 3 atom stereocenters. The molecule has 80 heavy (non-hydrogen) atoms. The standard InChI is InChI=1S/C71H131N2O6P/c1-6-8-10-12-14-16-18-20-22-24-26-27-28-29-30-31-32-33-34-35-36-37-38-39-40-41-42-43-44-45-47-49-51-53-55-57-59-61-63-65-71(75)72-69(68-79-80(76,77)78-67-66-73(3,4)5)70(74)64-62-60-58-56-54-52-50-48-46-25-23-21-19-17-15-13-11-9-7-2/h8,10,14,16,20,22,26-27,29-30,32-33,35-36,69-70,74H,6-7,9,11-13,15,17-19,21,23-25,28,31,34,37-68H2,1-5H3,(H-,72,75,76,77)/p+1/b10-8-,16-14-,22-20-,27-26-,30-29-,33-32-,36-35-. The van der Waals surface area contributed by atoms with Gasteiger partial charge < -0.3 is 19.8 Å². The van der Waals surface area contributed by atoms with Gasteiger partial charge in [-0.1, -0.05) is 317 Å². The number of hydrogen-bond acceptors (Lipinski definition) is 5. The first-order valence-electron chi connectivity index (χ1n) is 34.0. The summed E-state index contributed by atoms with van der Waals surface area (Å²) in [6.07, 6.45) is 86.7. The quantitative estimate of drug-likeness (QED) is 0.0243. The Morgan fingerprint density at radius 3 is 1.10 bits per heavy atom. The van der Waals surface area contributed by atoms with Crippen LogP contribution in [0.4, 0.5) is 0 Å². The van der Waals surface area contributed by atoms with Crippen molar-refractivity contribution in [3.63, 3.8) is 0 Å². The van der Waals surface area contributed by atoms with Crippen LogP contribution in [-0.2, 0) is 18.4 Å². The number of unbranched alkanes of at least 4 members (excludes halogenated alkanes) is 35. The average Bonchev–Trinajstić information content (AvgIpc) is 3.42. The molecular formula is C71H132N2O6P+. The zero-order chi connectivity index (χ0) is 58.4. The van der Waals surface area contributed by atoms with Gasteiger partial charge in [-0.05, 0) is 70.6 Å². The van der Waals surface area contributed by atoms with Gasteiger partial charge >= 0.3 is 7.82 Å². The first-order valence-corrected chi connectivity index (χ1v) is 35.4. The van der Waals surface area contributed by atoms with E-state index >= 15 is 0 Å².